The minimum absolute atomic E-state index is 0.126. The molecule has 230 valence electrons. The molecule has 12 heteroatoms. The van der Waals surface area contributed by atoms with Crippen molar-refractivity contribution in [1.82, 2.24) is 25.2 Å². The van der Waals surface area contributed by atoms with E-state index in [9.17, 15) is 14.4 Å². The van der Waals surface area contributed by atoms with E-state index in [0.29, 0.717) is 65.8 Å². The fourth-order valence-electron chi connectivity index (χ4n) is 5.60. The monoisotopic (exact) mass is 600 g/mol. The standard InChI is InChI=1S/C32H36N6O6/c1-19(39)35-23-12-10-20-16-26(42-2)31(43-3)32(44-4)30(20)21-11-13-24(25(40)17-22(21)23)33-14-7-9-29(41)34-18-28-37-36-27-8-5-6-15-38(27)28/h5-6,8,11,13,15-17,23H,7,9-10,12,14,18H2,1-4H3,(H,33,40)(H,34,41)(H,35,39). The summed E-state index contributed by atoms with van der Waals surface area (Å²) in [6.07, 6.45) is 3.81. The van der Waals surface area contributed by atoms with E-state index in [0.717, 1.165) is 16.7 Å². The topological polar surface area (TPSA) is 145 Å². The Morgan fingerprint density at radius 2 is 1.84 bits per heavy atom. The number of nitrogens with one attached hydrogen (secondary N) is 3. The maximum atomic E-state index is 13.4. The van der Waals surface area contributed by atoms with Crippen LogP contribution in [0.25, 0.3) is 16.8 Å². The fraction of sp³-hybridized carbons (Fsp3) is 0.344. The maximum absolute atomic E-state index is 13.4. The Hall–Kier alpha value is -5.13. The molecule has 3 N–H and O–H groups in total. The van der Waals surface area contributed by atoms with Crippen molar-refractivity contribution in [1.29, 1.82) is 0 Å². The molecule has 2 heterocycles. The van der Waals surface area contributed by atoms with E-state index < -0.39 is 6.04 Å². The molecular weight excluding hydrogens is 564 g/mol. The van der Waals surface area contributed by atoms with E-state index in [1.807, 2.05) is 40.9 Å². The number of amides is 2. The highest BCUT2D eigenvalue weighted by Gasteiger charge is 2.29. The number of rotatable bonds is 11. The second-order valence-electron chi connectivity index (χ2n) is 10.4. The number of ether oxygens (including phenoxy) is 3. The lowest BCUT2D eigenvalue weighted by Gasteiger charge is -2.19. The van der Waals surface area contributed by atoms with Gasteiger partial charge in [-0.2, -0.15) is 0 Å². The van der Waals surface area contributed by atoms with Crippen LogP contribution in [0, 0.1) is 0 Å². The molecular formula is C32H36N6O6. The van der Waals surface area contributed by atoms with Crippen molar-refractivity contribution in [3.8, 4) is 28.4 Å². The van der Waals surface area contributed by atoms with E-state index in [4.69, 9.17) is 14.2 Å². The Kier molecular flexibility index (Phi) is 9.27. The zero-order valence-electron chi connectivity index (χ0n) is 25.2. The van der Waals surface area contributed by atoms with Gasteiger partial charge in [-0.15, -0.1) is 10.2 Å². The van der Waals surface area contributed by atoms with Gasteiger partial charge in [0.1, 0.15) is 0 Å². The summed E-state index contributed by atoms with van der Waals surface area (Å²) in [5, 5.41) is 17.3. The summed E-state index contributed by atoms with van der Waals surface area (Å²) in [7, 11) is 4.68. The average molecular weight is 601 g/mol. The van der Waals surface area contributed by atoms with Crippen molar-refractivity contribution >= 4 is 23.1 Å². The molecule has 0 spiro atoms. The molecule has 2 aromatic carbocycles. The number of benzene rings is 1. The average Bonchev–Trinajstić information content (AvgIpc) is 3.29. The second kappa shape index (κ2) is 13.4. The quantitative estimate of drug-likeness (QED) is 0.221. The van der Waals surface area contributed by atoms with Crippen LogP contribution >= 0.6 is 0 Å². The summed E-state index contributed by atoms with van der Waals surface area (Å²) in [6, 6.07) is 12.3. The van der Waals surface area contributed by atoms with Crippen LogP contribution in [0.5, 0.6) is 17.2 Å². The summed E-state index contributed by atoms with van der Waals surface area (Å²) in [4.78, 5) is 38.1. The highest BCUT2D eigenvalue weighted by molar-refractivity contribution is 5.84. The SMILES string of the molecule is COc1cc2c(c(OC)c1OC)-c1ccc(NCCCC(=O)NCc3nnc4ccccn34)c(=O)cc1C(NC(C)=O)CC2. The first kappa shape index (κ1) is 30.3. The predicted octanol–water partition coefficient (Wildman–Crippen LogP) is 3.41. The number of hydrogen-bond acceptors (Lipinski definition) is 9. The lowest BCUT2D eigenvalue weighted by molar-refractivity contribution is -0.121. The number of pyridine rings is 1. The van der Waals surface area contributed by atoms with Gasteiger partial charge in [-0.1, -0.05) is 12.1 Å². The molecule has 4 aromatic rings. The smallest absolute Gasteiger partial charge is 0.220 e. The van der Waals surface area contributed by atoms with E-state index in [1.54, 1.807) is 33.5 Å². The van der Waals surface area contributed by atoms with Crippen molar-refractivity contribution < 1.29 is 23.8 Å². The highest BCUT2D eigenvalue weighted by atomic mass is 16.5. The molecule has 2 amide bonds. The second-order valence-corrected chi connectivity index (χ2v) is 10.4. The van der Waals surface area contributed by atoms with Crippen molar-refractivity contribution in [3.05, 3.63) is 75.8 Å². The van der Waals surface area contributed by atoms with Gasteiger partial charge in [0.2, 0.25) is 23.0 Å². The van der Waals surface area contributed by atoms with E-state index >= 15 is 0 Å². The molecule has 0 saturated carbocycles. The molecule has 0 fully saturated rings. The molecule has 5 rings (SSSR count). The number of hydrogen-bond donors (Lipinski definition) is 3. The van der Waals surface area contributed by atoms with Crippen LogP contribution < -0.4 is 35.6 Å². The molecule has 1 unspecified atom stereocenters. The van der Waals surface area contributed by atoms with Gasteiger partial charge >= 0.3 is 0 Å². The molecule has 2 aromatic heterocycles. The van der Waals surface area contributed by atoms with E-state index in [1.165, 1.54) is 6.92 Å². The Morgan fingerprint density at radius 1 is 1.02 bits per heavy atom. The lowest BCUT2D eigenvalue weighted by Crippen LogP contribution is -2.26. The van der Waals surface area contributed by atoms with Crippen LogP contribution in [-0.4, -0.2) is 54.3 Å². The Balaban J connectivity index is 1.35. The van der Waals surface area contributed by atoms with Crippen LogP contribution in [0.1, 0.15) is 49.2 Å². The molecule has 1 aliphatic carbocycles. The Labute approximate surface area is 254 Å². The fourth-order valence-corrected chi connectivity index (χ4v) is 5.60. The van der Waals surface area contributed by atoms with Crippen molar-refractivity contribution in [2.45, 2.75) is 45.2 Å². The number of carbonyl (C=O) groups excluding carboxylic acids is 2. The van der Waals surface area contributed by atoms with Gasteiger partial charge in [-0.05, 0) is 66.3 Å². The number of carbonyl (C=O) groups is 2. The minimum atomic E-state index is -0.393. The van der Waals surface area contributed by atoms with Crippen molar-refractivity contribution in [2.24, 2.45) is 0 Å². The molecule has 0 saturated heterocycles. The van der Waals surface area contributed by atoms with Gasteiger partial charge in [0, 0.05) is 31.6 Å². The maximum Gasteiger partial charge on any atom is 0.220 e. The first-order chi connectivity index (χ1) is 21.3. The van der Waals surface area contributed by atoms with E-state index in [-0.39, 0.29) is 30.2 Å². The zero-order valence-corrected chi connectivity index (χ0v) is 25.2. The van der Waals surface area contributed by atoms with Gasteiger partial charge in [0.05, 0.1) is 39.6 Å². The van der Waals surface area contributed by atoms with Gasteiger partial charge in [-0.3, -0.25) is 18.8 Å². The number of fused-ring (bicyclic) bond motifs is 4. The van der Waals surface area contributed by atoms with Crippen molar-refractivity contribution in [3.63, 3.8) is 0 Å². The van der Waals surface area contributed by atoms with Crippen LogP contribution in [0.15, 0.2) is 53.5 Å². The number of methoxy groups -OCH3 is 3. The van der Waals surface area contributed by atoms with Gasteiger partial charge in [0.15, 0.2) is 23.0 Å². The van der Waals surface area contributed by atoms with Gasteiger partial charge < -0.3 is 30.2 Å². The summed E-state index contributed by atoms with van der Waals surface area (Å²) in [6.45, 7) is 2.13. The van der Waals surface area contributed by atoms with Crippen LogP contribution in [0.4, 0.5) is 5.69 Å². The van der Waals surface area contributed by atoms with Crippen LogP contribution in [-0.2, 0) is 22.6 Å². The number of aryl methyl sites for hydroxylation is 1. The first-order valence-electron chi connectivity index (χ1n) is 14.4. The molecule has 12 nitrogen and oxygen atoms in total. The summed E-state index contributed by atoms with van der Waals surface area (Å²) in [5.41, 5.74) is 4.04. The molecule has 1 aliphatic rings. The van der Waals surface area contributed by atoms with Gasteiger partial charge in [0.25, 0.3) is 0 Å². The van der Waals surface area contributed by atoms with Crippen molar-refractivity contribution in [2.75, 3.05) is 33.2 Å². The first-order valence-corrected chi connectivity index (χ1v) is 14.4. The number of aromatic nitrogens is 3. The third-order valence-electron chi connectivity index (χ3n) is 7.64. The van der Waals surface area contributed by atoms with Crippen LogP contribution in [0.3, 0.4) is 0 Å². The van der Waals surface area contributed by atoms with Gasteiger partial charge in [-0.25, -0.2) is 0 Å². The summed E-state index contributed by atoms with van der Waals surface area (Å²) >= 11 is 0. The Morgan fingerprint density at radius 3 is 2.59 bits per heavy atom. The highest BCUT2D eigenvalue weighted by Crippen LogP contribution is 2.50. The summed E-state index contributed by atoms with van der Waals surface area (Å²) < 4.78 is 18.9. The third kappa shape index (κ3) is 6.29. The third-order valence-corrected chi connectivity index (χ3v) is 7.64. The molecule has 0 radical (unpaired) electrons. The largest absolute Gasteiger partial charge is 0.493 e. The summed E-state index contributed by atoms with van der Waals surface area (Å²) in [5.74, 6) is 1.80. The molecule has 44 heavy (non-hydrogen) atoms. The zero-order chi connectivity index (χ0) is 31.2. The molecule has 0 aliphatic heterocycles. The number of anilines is 1. The molecule has 0 bridgehead atoms. The minimum Gasteiger partial charge on any atom is -0.493 e. The van der Waals surface area contributed by atoms with E-state index in [2.05, 4.69) is 26.1 Å². The lowest BCUT2D eigenvalue weighted by atomic mass is 9.95. The normalized spacial score (nSPS) is 13.7. The Bertz CT molecular complexity index is 1750. The molecule has 1 atom stereocenters. The number of nitrogens with zero attached hydrogens (tertiary/aromatic N) is 3. The predicted molar refractivity (Wildman–Crippen MR) is 165 cm³/mol. The van der Waals surface area contributed by atoms with Crippen LogP contribution in [0.2, 0.25) is 0 Å².